The number of rotatable bonds is 1. The first-order valence-corrected chi connectivity index (χ1v) is 14.4. The van der Waals surface area contributed by atoms with Crippen molar-refractivity contribution in [2.45, 2.75) is 52.5 Å². The summed E-state index contributed by atoms with van der Waals surface area (Å²) in [5.41, 5.74) is 1.07. The predicted octanol–water partition coefficient (Wildman–Crippen LogP) is 5.30. The van der Waals surface area contributed by atoms with Gasteiger partial charge in [-0.15, -0.1) is 0 Å². The summed E-state index contributed by atoms with van der Waals surface area (Å²) in [5.74, 6) is -3.00. The molecule has 3 aromatic rings. The van der Waals surface area contributed by atoms with Crippen LogP contribution in [0.25, 0.3) is 10.9 Å². The van der Waals surface area contributed by atoms with Crippen LogP contribution in [0.2, 0.25) is 0 Å². The number of anilines is 1. The van der Waals surface area contributed by atoms with Gasteiger partial charge in [-0.25, -0.2) is 8.78 Å². The second-order valence-electron chi connectivity index (χ2n) is 11.6. The highest BCUT2D eigenvalue weighted by molar-refractivity contribution is 6.00. The SMILES string of the molecule is CC(C)C.N#CC1CC2CN1C(=O)CN(C(=O)c1cc3c(F)cc(F)cc3[nH]1)CCCCC(=O)c1ccc(cc1)NC2=O. The van der Waals surface area contributed by atoms with Crippen molar-refractivity contribution in [2.75, 3.05) is 25.0 Å². The van der Waals surface area contributed by atoms with Crippen molar-refractivity contribution in [3.05, 3.63) is 65.4 Å². The van der Waals surface area contributed by atoms with Gasteiger partial charge >= 0.3 is 0 Å². The number of benzene rings is 2. The second-order valence-corrected chi connectivity index (χ2v) is 11.6. The zero-order valence-corrected chi connectivity index (χ0v) is 24.5. The van der Waals surface area contributed by atoms with Gasteiger partial charge < -0.3 is 20.1 Å². The lowest BCUT2D eigenvalue weighted by atomic mass is 10.0. The monoisotopic (exact) mass is 591 g/mol. The topological polar surface area (TPSA) is 126 Å². The fraction of sp³-hybridized carbons (Fsp3) is 0.406. The first-order chi connectivity index (χ1) is 20.5. The van der Waals surface area contributed by atoms with Gasteiger partial charge in [-0.05, 0) is 61.6 Å². The molecule has 0 spiro atoms. The highest BCUT2D eigenvalue weighted by atomic mass is 19.1. The van der Waals surface area contributed by atoms with E-state index in [9.17, 15) is 33.2 Å². The summed E-state index contributed by atoms with van der Waals surface area (Å²) in [5, 5.41) is 12.5. The van der Waals surface area contributed by atoms with Crippen LogP contribution in [0.3, 0.4) is 0 Å². The normalized spacial score (nSPS) is 19.6. The Morgan fingerprint density at radius 1 is 1.05 bits per heavy atom. The molecule has 3 amide bonds. The van der Waals surface area contributed by atoms with Crippen molar-refractivity contribution < 1.29 is 28.0 Å². The second kappa shape index (κ2) is 13.6. The molecule has 11 heteroatoms. The minimum absolute atomic E-state index is 0.0123. The molecule has 43 heavy (non-hydrogen) atoms. The Morgan fingerprint density at radius 2 is 1.74 bits per heavy atom. The minimum Gasteiger partial charge on any atom is -0.350 e. The maximum Gasteiger partial charge on any atom is 0.270 e. The van der Waals surface area contributed by atoms with Crippen LogP contribution >= 0.6 is 0 Å². The van der Waals surface area contributed by atoms with Crippen LogP contribution in [0.5, 0.6) is 0 Å². The number of nitriles is 1. The number of Topliss-reactive ketones (excluding diaryl/α,β-unsaturated/α-hetero) is 1. The van der Waals surface area contributed by atoms with Crippen molar-refractivity contribution in [1.82, 2.24) is 14.8 Å². The number of halogens is 2. The van der Waals surface area contributed by atoms with E-state index >= 15 is 0 Å². The molecule has 3 aliphatic heterocycles. The van der Waals surface area contributed by atoms with Gasteiger partial charge in [0.05, 0.1) is 17.5 Å². The first kappa shape index (κ1) is 31.3. The van der Waals surface area contributed by atoms with Gasteiger partial charge in [0.2, 0.25) is 11.8 Å². The largest absolute Gasteiger partial charge is 0.350 e. The van der Waals surface area contributed by atoms with Crippen molar-refractivity contribution in [1.29, 1.82) is 5.26 Å². The number of H-pyrrole nitrogens is 1. The van der Waals surface area contributed by atoms with Crippen molar-refractivity contribution in [3.63, 3.8) is 0 Å². The summed E-state index contributed by atoms with van der Waals surface area (Å²) < 4.78 is 27.9. The first-order valence-electron chi connectivity index (χ1n) is 14.4. The van der Waals surface area contributed by atoms with Crippen LogP contribution in [0, 0.1) is 34.8 Å². The Morgan fingerprint density at radius 3 is 2.42 bits per heavy atom. The van der Waals surface area contributed by atoms with E-state index in [1.807, 2.05) is 0 Å². The number of fused-ring (bicyclic) bond motifs is 11. The van der Waals surface area contributed by atoms with Crippen molar-refractivity contribution in [2.24, 2.45) is 11.8 Å². The van der Waals surface area contributed by atoms with Gasteiger partial charge in [-0.3, -0.25) is 19.2 Å². The number of aromatic nitrogens is 1. The van der Waals surface area contributed by atoms with Crippen molar-refractivity contribution >= 4 is 40.1 Å². The third-order valence-electron chi connectivity index (χ3n) is 7.19. The van der Waals surface area contributed by atoms with E-state index in [0.717, 1.165) is 18.1 Å². The van der Waals surface area contributed by atoms with E-state index < -0.39 is 35.4 Å². The number of nitrogens with zero attached hydrogens (tertiary/aromatic N) is 3. The predicted molar refractivity (Wildman–Crippen MR) is 157 cm³/mol. The fourth-order valence-corrected chi connectivity index (χ4v) is 5.09. The molecule has 0 aliphatic carbocycles. The summed E-state index contributed by atoms with van der Waals surface area (Å²) in [6.07, 6.45) is 1.19. The molecule has 9 nitrogen and oxygen atoms in total. The maximum absolute atomic E-state index is 14.3. The number of amides is 3. The Hall–Kier alpha value is -4.59. The van der Waals surface area contributed by atoms with E-state index in [4.69, 9.17) is 0 Å². The fourth-order valence-electron chi connectivity index (χ4n) is 5.09. The minimum atomic E-state index is -0.839. The quantitative estimate of drug-likeness (QED) is 0.397. The summed E-state index contributed by atoms with van der Waals surface area (Å²) >= 11 is 0. The molecular formula is C32H35F2N5O4. The number of aromatic amines is 1. The molecule has 3 aliphatic rings. The zero-order chi connectivity index (χ0) is 31.3. The molecule has 2 atom stereocenters. The number of hydrogen-bond donors (Lipinski definition) is 2. The Balaban J connectivity index is 0.000000996. The van der Waals surface area contributed by atoms with E-state index in [0.29, 0.717) is 24.1 Å². The molecule has 1 fully saturated rings. The molecule has 1 aromatic heterocycles. The average molecular weight is 592 g/mol. The van der Waals surface area contributed by atoms with E-state index in [1.54, 1.807) is 24.3 Å². The van der Waals surface area contributed by atoms with Crippen LogP contribution in [0.1, 0.15) is 67.3 Å². The lowest BCUT2D eigenvalue weighted by molar-refractivity contribution is -0.132. The van der Waals surface area contributed by atoms with Crippen LogP contribution < -0.4 is 5.32 Å². The highest BCUT2D eigenvalue weighted by Crippen LogP contribution is 2.26. The molecule has 226 valence electrons. The van der Waals surface area contributed by atoms with Gasteiger partial charge in [0.15, 0.2) is 5.78 Å². The third-order valence-corrected chi connectivity index (χ3v) is 7.19. The molecule has 1 saturated heterocycles. The standard InChI is InChI=1S/C28H25F2N5O4.C4H10/c29-18-10-22(30)21-12-24(33-23(21)11-18)28(39)34-8-2-1-3-25(36)16-4-6-19(7-5-16)32-27(38)17-9-20(13-31)35(14-17)26(37)15-34;1-4(2)3/h4-7,10-12,17,20,33H,1-3,8-9,14-15H2,(H,32,38);4H,1-3H3. The van der Waals surface area contributed by atoms with Gasteiger partial charge in [0.1, 0.15) is 29.9 Å². The number of ketones is 1. The Bertz CT molecular complexity index is 1560. The van der Waals surface area contributed by atoms with E-state index in [1.165, 1.54) is 15.9 Å². The zero-order valence-electron chi connectivity index (χ0n) is 24.5. The highest BCUT2D eigenvalue weighted by Gasteiger charge is 2.39. The van der Waals surface area contributed by atoms with E-state index in [2.05, 4.69) is 37.1 Å². The molecule has 0 saturated carbocycles. The summed E-state index contributed by atoms with van der Waals surface area (Å²) in [6.45, 7) is 6.24. The van der Waals surface area contributed by atoms with E-state index in [-0.39, 0.29) is 60.8 Å². The number of hydrogen-bond acceptors (Lipinski definition) is 5. The summed E-state index contributed by atoms with van der Waals surface area (Å²) in [6, 6.07) is 10.8. The number of carbonyl (C=O) groups excluding carboxylic acids is 4. The van der Waals surface area contributed by atoms with Gasteiger partial charge in [-0.1, -0.05) is 20.8 Å². The molecule has 4 heterocycles. The molecular weight excluding hydrogens is 556 g/mol. The molecule has 6 rings (SSSR count). The lowest BCUT2D eigenvalue weighted by Gasteiger charge is -2.26. The Labute approximate surface area is 248 Å². The van der Waals surface area contributed by atoms with Gasteiger partial charge in [-0.2, -0.15) is 5.26 Å². The molecule has 2 aromatic carbocycles. The van der Waals surface area contributed by atoms with Crippen molar-refractivity contribution in [3.8, 4) is 6.07 Å². The third kappa shape index (κ3) is 7.63. The summed E-state index contributed by atoms with van der Waals surface area (Å²) in [7, 11) is 0. The lowest BCUT2D eigenvalue weighted by Crippen LogP contribution is -2.45. The summed E-state index contributed by atoms with van der Waals surface area (Å²) in [4.78, 5) is 57.6. The Kier molecular flexibility index (Phi) is 9.91. The average Bonchev–Trinajstić information content (AvgIpc) is 3.59. The molecule has 2 N–H and O–H groups in total. The van der Waals surface area contributed by atoms with Gasteiger partial charge in [0.25, 0.3) is 5.91 Å². The van der Waals surface area contributed by atoms with Crippen LogP contribution in [-0.4, -0.2) is 64.0 Å². The molecule has 2 unspecified atom stereocenters. The maximum atomic E-state index is 14.3. The van der Waals surface area contributed by atoms with Crippen LogP contribution in [-0.2, 0) is 9.59 Å². The van der Waals surface area contributed by atoms with Crippen LogP contribution in [0.15, 0.2) is 42.5 Å². The molecule has 4 bridgehead atoms. The molecule has 0 radical (unpaired) electrons. The number of carbonyl (C=O) groups is 4. The number of nitrogens with one attached hydrogen (secondary N) is 2. The van der Waals surface area contributed by atoms with Gasteiger partial charge in [0, 0.05) is 42.2 Å². The van der Waals surface area contributed by atoms with Crippen LogP contribution in [0.4, 0.5) is 14.5 Å². The smallest absolute Gasteiger partial charge is 0.270 e.